The quantitative estimate of drug-likeness (QED) is 0.681. The number of hydrogen-bond donors (Lipinski definition) is 1. The number of piperidine rings is 1. The van der Waals surface area contributed by atoms with Crippen LogP contribution in [0.1, 0.15) is 62.3 Å². The van der Waals surface area contributed by atoms with Gasteiger partial charge in [-0.25, -0.2) is 0 Å². The Labute approximate surface area is 195 Å². The van der Waals surface area contributed by atoms with Crippen molar-refractivity contribution in [3.63, 3.8) is 0 Å². The molecule has 0 spiro atoms. The minimum absolute atomic E-state index is 0.0171. The molecule has 174 valence electrons. The molecule has 1 unspecified atom stereocenters. The second-order valence-electron chi connectivity index (χ2n) is 8.61. The van der Waals surface area contributed by atoms with Gasteiger partial charge >= 0.3 is 0 Å². The Hall–Kier alpha value is -4.01. The van der Waals surface area contributed by atoms with Gasteiger partial charge in [-0.1, -0.05) is 18.2 Å². The summed E-state index contributed by atoms with van der Waals surface area (Å²) in [4.78, 5) is 65.0. The third-order valence-corrected chi connectivity index (χ3v) is 6.42. The number of amides is 5. The van der Waals surface area contributed by atoms with Gasteiger partial charge in [0.05, 0.1) is 11.1 Å². The number of fused-ring (bicyclic) bond motifs is 1. The highest BCUT2D eigenvalue weighted by Gasteiger charge is 2.46. The summed E-state index contributed by atoms with van der Waals surface area (Å²) in [6, 6.07) is 10.8. The van der Waals surface area contributed by atoms with Gasteiger partial charge in [0.1, 0.15) is 18.4 Å². The number of imide groups is 2. The number of hydrogen-bond acceptors (Lipinski definition) is 6. The number of nitrogens with one attached hydrogen (secondary N) is 1. The molecule has 1 atom stereocenters. The lowest BCUT2D eigenvalue weighted by atomic mass is 10.0. The van der Waals surface area contributed by atoms with Crippen molar-refractivity contribution in [2.75, 3.05) is 13.1 Å². The highest BCUT2D eigenvalue weighted by Crippen LogP contribution is 2.34. The molecule has 2 fully saturated rings. The van der Waals surface area contributed by atoms with Crippen molar-refractivity contribution in [1.29, 1.82) is 0 Å². The van der Waals surface area contributed by atoms with E-state index in [4.69, 9.17) is 4.74 Å². The zero-order valence-electron chi connectivity index (χ0n) is 18.4. The van der Waals surface area contributed by atoms with Crippen molar-refractivity contribution in [3.05, 3.63) is 64.7 Å². The molecule has 5 rings (SSSR count). The minimum Gasteiger partial charge on any atom is -0.488 e. The van der Waals surface area contributed by atoms with Crippen LogP contribution >= 0.6 is 0 Å². The number of likely N-dealkylation sites (tertiary alicyclic amines) is 1. The van der Waals surface area contributed by atoms with Crippen LogP contribution < -0.4 is 10.1 Å². The molecule has 1 N–H and O–H groups in total. The molecule has 34 heavy (non-hydrogen) atoms. The molecule has 2 saturated heterocycles. The number of carbonyl (C=O) groups is 5. The smallest absolute Gasteiger partial charge is 0.266 e. The van der Waals surface area contributed by atoms with Crippen molar-refractivity contribution in [1.82, 2.24) is 15.1 Å². The molecule has 0 radical (unpaired) electrons. The highest BCUT2D eigenvalue weighted by atomic mass is 16.5. The maximum atomic E-state index is 13.1. The lowest BCUT2D eigenvalue weighted by Gasteiger charge is -2.27. The van der Waals surface area contributed by atoms with E-state index in [1.165, 1.54) is 6.07 Å². The molecule has 0 bridgehead atoms. The number of rotatable bonds is 5. The summed E-state index contributed by atoms with van der Waals surface area (Å²) < 4.78 is 5.88. The summed E-state index contributed by atoms with van der Waals surface area (Å²) in [6.45, 7) is 1.70. The van der Waals surface area contributed by atoms with Crippen LogP contribution in [0.25, 0.3) is 0 Å². The van der Waals surface area contributed by atoms with E-state index in [1.807, 2.05) is 4.90 Å². The van der Waals surface area contributed by atoms with Crippen molar-refractivity contribution >= 4 is 29.5 Å². The van der Waals surface area contributed by atoms with Gasteiger partial charge in [-0.15, -0.1) is 0 Å². The van der Waals surface area contributed by atoms with Crippen LogP contribution in [0.5, 0.6) is 5.75 Å². The second kappa shape index (κ2) is 8.74. The maximum absolute atomic E-state index is 13.1. The van der Waals surface area contributed by atoms with E-state index in [0.29, 0.717) is 5.56 Å². The first-order valence-corrected chi connectivity index (χ1v) is 11.3. The number of carbonyl (C=O) groups excluding carboxylic acids is 5. The fraction of sp³-hybridized carbons (Fsp3) is 0.320. The highest BCUT2D eigenvalue weighted by molar-refractivity contribution is 6.24. The molecule has 3 aliphatic heterocycles. The third kappa shape index (κ3) is 3.83. The summed E-state index contributed by atoms with van der Waals surface area (Å²) in [5, 5.41) is 2.18. The van der Waals surface area contributed by atoms with Crippen LogP contribution in [-0.4, -0.2) is 58.5 Å². The molecule has 0 aromatic heterocycles. The Morgan fingerprint density at radius 1 is 0.971 bits per heavy atom. The molecular formula is C25H23N3O6. The standard InChI is InChI=1S/C25H23N3O6/c29-20-11-10-18(22(30)26-20)28-24(32)17-4-3-5-19(21(17)25(28)33)34-14-15-6-8-16(9-7-15)23(31)27-12-1-2-13-27/h3-9,18H,1-2,10-14H2,(H,26,29,30). The van der Waals surface area contributed by atoms with Crippen LogP contribution in [0.2, 0.25) is 0 Å². The topological polar surface area (TPSA) is 113 Å². The second-order valence-corrected chi connectivity index (χ2v) is 8.61. The summed E-state index contributed by atoms with van der Waals surface area (Å²) in [5.74, 6) is -2.01. The molecule has 2 aromatic carbocycles. The van der Waals surface area contributed by atoms with Gasteiger partial charge in [0.25, 0.3) is 17.7 Å². The van der Waals surface area contributed by atoms with Gasteiger partial charge in [-0.05, 0) is 49.1 Å². The van der Waals surface area contributed by atoms with Crippen LogP contribution in [-0.2, 0) is 16.2 Å². The lowest BCUT2D eigenvalue weighted by Crippen LogP contribution is -2.54. The molecule has 9 nitrogen and oxygen atoms in total. The van der Waals surface area contributed by atoms with E-state index in [0.717, 1.165) is 36.4 Å². The maximum Gasteiger partial charge on any atom is 0.266 e. The monoisotopic (exact) mass is 461 g/mol. The van der Waals surface area contributed by atoms with Crippen LogP contribution in [0.15, 0.2) is 42.5 Å². The summed E-state index contributed by atoms with van der Waals surface area (Å²) in [6.07, 6.45) is 2.21. The summed E-state index contributed by atoms with van der Waals surface area (Å²) in [7, 11) is 0. The fourth-order valence-electron chi connectivity index (χ4n) is 4.61. The van der Waals surface area contributed by atoms with Crippen molar-refractivity contribution < 1.29 is 28.7 Å². The Balaban J connectivity index is 1.30. The van der Waals surface area contributed by atoms with Crippen LogP contribution in [0.3, 0.4) is 0 Å². The van der Waals surface area contributed by atoms with E-state index < -0.39 is 29.7 Å². The molecular weight excluding hydrogens is 438 g/mol. The Morgan fingerprint density at radius 3 is 2.41 bits per heavy atom. The first kappa shape index (κ1) is 21.8. The Kier molecular flexibility index (Phi) is 5.61. The fourth-order valence-corrected chi connectivity index (χ4v) is 4.61. The van der Waals surface area contributed by atoms with Crippen LogP contribution in [0, 0.1) is 0 Å². The van der Waals surface area contributed by atoms with Gasteiger partial charge in [0.15, 0.2) is 0 Å². The molecule has 0 saturated carbocycles. The van der Waals surface area contributed by atoms with Gasteiger partial charge < -0.3 is 9.64 Å². The third-order valence-electron chi connectivity index (χ3n) is 6.42. The van der Waals surface area contributed by atoms with Gasteiger partial charge in [0, 0.05) is 25.1 Å². The molecule has 0 aliphatic carbocycles. The zero-order chi connectivity index (χ0) is 23.8. The molecule has 5 amide bonds. The van der Waals surface area contributed by atoms with Gasteiger partial charge in [-0.3, -0.25) is 34.2 Å². The van der Waals surface area contributed by atoms with E-state index >= 15 is 0 Å². The van der Waals surface area contributed by atoms with Gasteiger partial charge in [-0.2, -0.15) is 0 Å². The zero-order valence-corrected chi connectivity index (χ0v) is 18.4. The number of nitrogens with zero attached hydrogens (tertiary/aromatic N) is 2. The van der Waals surface area contributed by atoms with E-state index in [1.54, 1.807) is 36.4 Å². The number of benzene rings is 2. The first-order valence-electron chi connectivity index (χ1n) is 11.3. The predicted molar refractivity (Wildman–Crippen MR) is 119 cm³/mol. The van der Waals surface area contributed by atoms with Crippen LogP contribution in [0.4, 0.5) is 0 Å². The molecule has 3 heterocycles. The van der Waals surface area contributed by atoms with Gasteiger partial charge in [0.2, 0.25) is 11.8 Å². The average molecular weight is 461 g/mol. The largest absolute Gasteiger partial charge is 0.488 e. The summed E-state index contributed by atoms with van der Waals surface area (Å²) in [5.41, 5.74) is 1.69. The van der Waals surface area contributed by atoms with E-state index in [2.05, 4.69) is 5.32 Å². The van der Waals surface area contributed by atoms with Crippen molar-refractivity contribution in [3.8, 4) is 5.75 Å². The summed E-state index contributed by atoms with van der Waals surface area (Å²) >= 11 is 0. The number of ether oxygens (including phenoxy) is 1. The van der Waals surface area contributed by atoms with Crippen molar-refractivity contribution in [2.24, 2.45) is 0 Å². The van der Waals surface area contributed by atoms with Crippen molar-refractivity contribution in [2.45, 2.75) is 38.3 Å². The first-order chi connectivity index (χ1) is 16.4. The molecule has 9 heteroatoms. The average Bonchev–Trinajstić information content (AvgIpc) is 3.46. The molecule has 3 aliphatic rings. The van der Waals surface area contributed by atoms with E-state index in [-0.39, 0.29) is 42.2 Å². The van der Waals surface area contributed by atoms with E-state index in [9.17, 15) is 24.0 Å². The Morgan fingerprint density at radius 2 is 1.71 bits per heavy atom. The molecule has 2 aromatic rings. The minimum atomic E-state index is -1.03. The normalized spacial score (nSPS) is 19.9. The Bertz CT molecular complexity index is 1200. The lowest BCUT2D eigenvalue weighted by molar-refractivity contribution is -0.136. The SMILES string of the molecule is O=C1CCC(N2C(=O)c3cccc(OCc4ccc(C(=O)N5CCCC5)cc4)c3C2=O)C(=O)N1. The predicted octanol–water partition coefficient (Wildman–Crippen LogP) is 1.90.